The number of unbranched alkanes of at least 4 members (excludes halogenated alkanes) is 14. The molecule has 190 valence electrons. The Hall–Kier alpha value is -0.570. The highest BCUT2D eigenvalue weighted by atomic mass is 16.6. The lowest BCUT2D eigenvalue weighted by Gasteiger charge is -2.54. The Morgan fingerprint density at radius 3 is 1.50 bits per heavy atom. The summed E-state index contributed by atoms with van der Waals surface area (Å²) in [4.78, 5) is 14.8. The number of hydrogen-bond donors (Lipinski definition) is 0. The van der Waals surface area contributed by atoms with Crippen LogP contribution in [-0.4, -0.2) is 28.2 Å². The molecule has 1 aliphatic rings. The predicted molar refractivity (Wildman–Crippen MR) is 139 cm³/mol. The van der Waals surface area contributed by atoms with Crippen LogP contribution in [0.25, 0.3) is 0 Å². The summed E-state index contributed by atoms with van der Waals surface area (Å²) in [6, 6.07) is 0. The van der Waals surface area contributed by atoms with Crippen molar-refractivity contribution in [2.75, 3.05) is 0 Å². The molecule has 0 spiro atoms. The first-order valence-electron chi connectivity index (χ1n) is 14.2. The smallest absolute Gasteiger partial charge is 0.307 e. The Morgan fingerprint density at radius 2 is 1.09 bits per heavy atom. The molecule has 1 rings (SSSR count). The molecular weight excluding hydrogens is 394 g/mol. The highest BCUT2D eigenvalue weighted by Crippen LogP contribution is 2.40. The number of likely N-dealkylation sites (tertiary alicyclic amines) is 1. The number of rotatable bonds is 18. The summed E-state index contributed by atoms with van der Waals surface area (Å²) in [5.41, 5.74) is 0.159. The molecule has 0 amide bonds. The minimum absolute atomic E-state index is 0.0237. The lowest BCUT2D eigenvalue weighted by atomic mass is 9.79. The Morgan fingerprint density at radius 1 is 0.719 bits per heavy atom. The molecule has 0 radical (unpaired) electrons. The molecule has 1 unspecified atom stereocenters. The van der Waals surface area contributed by atoms with Gasteiger partial charge >= 0.3 is 5.97 Å². The Kier molecular flexibility index (Phi) is 14.8. The molecule has 1 aliphatic heterocycles. The van der Waals surface area contributed by atoms with Crippen LogP contribution in [-0.2, 0) is 9.53 Å². The molecule has 0 aromatic heterocycles. The first kappa shape index (κ1) is 29.5. The van der Waals surface area contributed by atoms with Gasteiger partial charge in [0.15, 0.2) is 6.23 Å². The third-order valence-corrected chi connectivity index (χ3v) is 7.53. The second-order valence-corrected chi connectivity index (χ2v) is 11.6. The zero-order valence-corrected chi connectivity index (χ0v) is 22.8. The van der Waals surface area contributed by atoms with E-state index < -0.39 is 0 Å². The molecule has 32 heavy (non-hydrogen) atoms. The molecule has 0 aromatic carbocycles. The number of hydrogen-bond acceptors (Lipinski definition) is 3. The normalized spacial score (nSPS) is 19.1. The van der Waals surface area contributed by atoms with Gasteiger partial charge in [0.1, 0.15) is 0 Å². The van der Waals surface area contributed by atoms with Crippen LogP contribution in [0.1, 0.15) is 164 Å². The van der Waals surface area contributed by atoms with Crippen LogP contribution < -0.4 is 0 Å². The minimum atomic E-state index is -0.149. The summed E-state index contributed by atoms with van der Waals surface area (Å²) in [5, 5.41) is 0. The summed E-state index contributed by atoms with van der Waals surface area (Å²) >= 11 is 0. The number of esters is 1. The number of nitrogens with zero attached hydrogens (tertiary/aromatic N) is 1. The van der Waals surface area contributed by atoms with E-state index in [0.29, 0.717) is 6.42 Å². The standard InChI is InChI=1S/C29H57NO2/c1-7-8-9-10-11-12-13-14-15-16-17-18-19-20-21-23-27(31)32-26(2)30-28(3,4)24-22-25-29(30,5)6/h26H,7-25H2,1-6H3. The van der Waals surface area contributed by atoms with Crippen molar-refractivity contribution in [2.24, 2.45) is 0 Å². The SMILES string of the molecule is CCCCCCCCCCCCCCCCCC(=O)OC(C)N1C(C)(C)CCCC1(C)C. The zero-order chi connectivity index (χ0) is 23.9. The Labute approximate surface area is 201 Å². The molecule has 0 saturated carbocycles. The van der Waals surface area contributed by atoms with Crippen molar-refractivity contribution >= 4 is 5.97 Å². The van der Waals surface area contributed by atoms with Gasteiger partial charge in [-0.25, -0.2) is 0 Å². The van der Waals surface area contributed by atoms with Gasteiger partial charge in [0.05, 0.1) is 0 Å². The first-order chi connectivity index (χ1) is 15.2. The first-order valence-corrected chi connectivity index (χ1v) is 14.2. The maximum absolute atomic E-state index is 12.4. The average Bonchev–Trinajstić information content (AvgIpc) is 2.69. The van der Waals surface area contributed by atoms with Gasteiger partial charge < -0.3 is 4.74 Å². The second-order valence-electron chi connectivity index (χ2n) is 11.6. The number of carbonyl (C=O) groups is 1. The number of carbonyl (C=O) groups excluding carboxylic acids is 1. The third-order valence-electron chi connectivity index (χ3n) is 7.53. The summed E-state index contributed by atoms with van der Waals surface area (Å²) in [7, 11) is 0. The van der Waals surface area contributed by atoms with E-state index >= 15 is 0 Å². The molecule has 1 fully saturated rings. The van der Waals surface area contributed by atoms with E-state index in [1.54, 1.807) is 0 Å². The Balaban J connectivity index is 2.00. The lowest BCUT2D eigenvalue weighted by Crippen LogP contribution is -2.62. The van der Waals surface area contributed by atoms with Gasteiger partial charge in [-0.15, -0.1) is 0 Å². The van der Waals surface area contributed by atoms with Crippen molar-refractivity contribution in [3.63, 3.8) is 0 Å². The summed E-state index contributed by atoms with van der Waals surface area (Å²) < 4.78 is 5.87. The van der Waals surface area contributed by atoms with E-state index in [4.69, 9.17) is 4.74 Å². The van der Waals surface area contributed by atoms with E-state index in [-0.39, 0.29) is 23.3 Å². The molecule has 0 bridgehead atoms. The number of ether oxygens (including phenoxy) is 1. The average molecular weight is 452 g/mol. The van der Waals surface area contributed by atoms with Gasteiger partial charge in [0.25, 0.3) is 0 Å². The zero-order valence-electron chi connectivity index (χ0n) is 22.8. The third kappa shape index (κ3) is 12.1. The Bertz CT molecular complexity index is 470. The highest BCUT2D eigenvalue weighted by Gasteiger charge is 2.44. The van der Waals surface area contributed by atoms with Crippen LogP contribution in [0, 0.1) is 0 Å². The minimum Gasteiger partial charge on any atom is -0.447 e. The molecule has 1 saturated heterocycles. The largest absolute Gasteiger partial charge is 0.447 e. The van der Waals surface area contributed by atoms with Gasteiger partial charge in [-0.05, 0) is 60.3 Å². The van der Waals surface area contributed by atoms with Crippen molar-refractivity contribution < 1.29 is 9.53 Å². The highest BCUT2D eigenvalue weighted by molar-refractivity contribution is 5.69. The molecule has 3 nitrogen and oxygen atoms in total. The van der Waals surface area contributed by atoms with E-state index in [2.05, 4.69) is 46.4 Å². The molecule has 0 N–H and O–H groups in total. The van der Waals surface area contributed by atoms with Gasteiger partial charge in [-0.1, -0.05) is 96.8 Å². The molecule has 0 aromatic rings. The van der Waals surface area contributed by atoms with Gasteiger partial charge in [-0.2, -0.15) is 0 Å². The second kappa shape index (κ2) is 16.1. The summed E-state index contributed by atoms with van der Waals surface area (Å²) in [6.07, 6.45) is 24.2. The van der Waals surface area contributed by atoms with Crippen LogP contribution in [0.5, 0.6) is 0 Å². The fourth-order valence-electron chi connectivity index (χ4n) is 5.94. The van der Waals surface area contributed by atoms with Crippen LogP contribution in [0.3, 0.4) is 0 Å². The molecular formula is C29H57NO2. The summed E-state index contributed by atoms with van der Waals surface area (Å²) in [5.74, 6) is -0.0237. The quantitative estimate of drug-likeness (QED) is 0.154. The van der Waals surface area contributed by atoms with Gasteiger partial charge in [-0.3, -0.25) is 9.69 Å². The maximum atomic E-state index is 12.4. The topological polar surface area (TPSA) is 29.5 Å². The van der Waals surface area contributed by atoms with Gasteiger partial charge in [0.2, 0.25) is 0 Å². The van der Waals surface area contributed by atoms with E-state index in [1.807, 2.05) is 0 Å². The fourth-order valence-corrected chi connectivity index (χ4v) is 5.94. The molecule has 0 aliphatic carbocycles. The van der Waals surface area contributed by atoms with Crippen molar-refractivity contribution in [1.82, 2.24) is 4.90 Å². The van der Waals surface area contributed by atoms with Crippen molar-refractivity contribution in [3.8, 4) is 0 Å². The van der Waals surface area contributed by atoms with Crippen LogP contribution in [0.4, 0.5) is 0 Å². The van der Waals surface area contributed by atoms with Gasteiger partial charge in [0, 0.05) is 17.5 Å². The maximum Gasteiger partial charge on any atom is 0.307 e. The lowest BCUT2D eigenvalue weighted by molar-refractivity contribution is -0.180. The van der Waals surface area contributed by atoms with Crippen LogP contribution in [0.15, 0.2) is 0 Å². The van der Waals surface area contributed by atoms with Crippen LogP contribution in [0.2, 0.25) is 0 Å². The predicted octanol–water partition coefficient (Wildman–Crippen LogP) is 9.18. The van der Waals surface area contributed by atoms with E-state index in [1.165, 1.54) is 89.9 Å². The van der Waals surface area contributed by atoms with E-state index in [9.17, 15) is 4.79 Å². The van der Waals surface area contributed by atoms with Crippen molar-refractivity contribution in [3.05, 3.63) is 0 Å². The fraction of sp³-hybridized carbons (Fsp3) is 0.966. The summed E-state index contributed by atoms with van der Waals surface area (Å²) in [6.45, 7) is 13.5. The monoisotopic (exact) mass is 451 g/mol. The van der Waals surface area contributed by atoms with Crippen LogP contribution >= 0.6 is 0 Å². The molecule has 3 heteroatoms. The van der Waals surface area contributed by atoms with Crippen molar-refractivity contribution in [1.29, 1.82) is 0 Å². The van der Waals surface area contributed by atoms with E-state index in [0.717, 1.165) is 25.7 Å². The molecule has 1 heterocycles. The molecule has 1 atom stereocenters. The number of piperidine rings is 1. The van der Waals surface area contributed by atoms with Crippen molar-refractivity contribution in [2.45, 2.75) is 181 Å².